The molecule has 0 aliphatic carbocycles. The van der Waals surface area contributed by atoms with Crippen LogP contribution in [0.1, 0.15) is 12.8 Å². The second-order valence-corrected chi connectivity index (χ2v) is 7.96. The number of carbonyl (C=O) groups excluding carboxylic acids is 1. The number of ether oxygens (including phenoxy) is 2. The number of benzene rings is 2. The second kappa shape index (κ2) is 7.86. The van der Waals surface area contributed by atoms with Crippen molar-refractivity contribution in [2.75, 3.05) is 6.61 Å². The standard InChI is InChI=1S/C18H19NO6S/c20-18(19-21)13-10-11-24-17(12-13)26(22,23)16-9-5-4-8-15(16)25-14-6-2-1-3-7-14/h1-9,13,17,21H,10-12H2,(H,19,20). The summed E-state index contributed by atoms with van der Waals surface area (Å²) in [6, 6.07) is 15.2. The Hall–Kier alpha value is -2.42. The van der Waals surface area contributed by atoms with Crippen LogP contribution in [0.15, 0.2) is 59.5 Å². The number of hydrogen-bond donors (Lipinski definition) is 2. The van der Waals surface area contributed by atoms with Crippen LogP contribution >= 0.6 is 0 Å². The Labute approximate surface area is 151 Å². The van der Waals surface area contributed by atoms with Gasteiger partial charge < -0.3 is 9.47 Å². The zero-order chi connectivity index (χ0) is 18.6. The van der Waals surface area contributed by atoms with Crippen molar-refractivity contribution in [2.45, 2.75) is 23.2 Å². The quantitative estimate of drug-likeness (QED) is 0.613. The van der Waals surface area contributed by atoms with Crippen LogP contribution in [0.25, 0.3) is 0 Å². The van der Waals surface area contributed by atoms with E-state index in [2.05, 4.69) is 0 Å². The number of para-hydroxylation sites is 2. The highest BCUT2D eigenvalue weighted by molar-refractivity contribution is 7.92. The van der Waals surface area contributed by atoms with Crippen molar-refractivity contribution < 1.29 is 27.9 Å². The number of hydrogen-bond acceptors (Lipinski definition) is 6. The lowest BCUT2D eigenvalue weighted by Gasteiger charge is -2.28. The molecule has 1 aliphatic heterocycles. The van der Waals surface area contributed by atoms with Gasteiger partial charge in [0.25, 0.3) is 0 Å². The molecule has 2 N–H and O–H groups in total. The Balaban J connectivity index is 1.89. The molecule has 8 heteroatoms. The average molecular weight is 377 g/mol. The molecule has 138 valence electrons. The summed E-state index contributed by atoms with van der Waals surface area (Å²) in [6.45, 7) is 0.115. The number of hydroxylamine groups is 1. The van der Waals surface area contributed by atoms with E-state index in [0.29, 0.717) is 12.2 Å². The molecule has 0 aromatic heterocycles. The van der Waals surface area contributed by atoms with Gasteiger partial charge in [0.1, 0.15) is 16.4 Å². The van der Waals surface area contributed by atoms with Gasteiger partial charge in [-0.3, -0.25) is 10.0 Å². The van der Waals surface area contributed by atoms with Crippen LogP contribution in [0.2, 0.25) is 0 Å². The van der Waals surface area contributed by atoms with Gasteiger partial charge in [-0.2, -0.15) is 0 Å². The molecular weight excluding hydrogens is 358 g/mol. The van der Waals surface area contributed by atoms with E-state index in [1.165, 1.54) is 6.07 Å². The number of carbonyl (C=O) groups is 1. The van der Waals surface area contributed by atoms with Gasteiger partial charge in [0.05, 0.1) is 0 Å². The molecule has 7 nitrogen and oxygen atoms in total. The first-order valence-corrected chi connectivity index (χ1v) is 9.68. The molecule has 2 aromatic carbocycles. The fraction of sp³-hybridized carbons (Fsp3) is 0.278. The second-order valence-electron chi connectivity index (χ2n) is 5.90. The predicted molar refractivity (Wildman–Crippen MR) is 92.5 cm³/mol. The maximum Gasteiger partial charge on any atom is 0.246 e. The average Bonchev–Trinajstić information content (AvgIpc) is 2.68. The summed E-state index contributed by atoms with van der Waals surface area (Å²) in [5, 5.41) is 8.79. The Morgan fingerprint density at radius 3 is 2.54 bits per heavy atom. The summed E-state index contributed by atoms with van der Waals surface area (Å²) >= 11 is 0. The summed E-state index contributed by atoms with van der Waals surface area (Å²) in [5.74, 6) is -0.536. The van der Waals surface area contributed by atoms with Gasteiger partial charge in [0.2, 0.25) is 15.7 Å². The number of rotatable bonds is 5. The lowest BCUT2D eigenvalue weighted by atomic mass is 10.00. The van der Waals surface area contributed by atoms with Gasteiger partial charge in [-0.15, -0.1) is 0 Å². The zero-order valence-corrected chi connectivity index (χ0v) is 14.7. The first-order chi connectivity index (χ1) is 12.5. The highest BCUT2D eigenvalue weighted by Gasteiger charge is 2.38. The molecule has 1 heterocycles. The van der Waals surface area contributed by atoms with Gasteiger partial charge in [0, 0.05) is 18.9 Å². The summed E-state index contributed by atoms with van der Waals surface area (Å²) in [4.78, 5) is 11.6. The summed E-state index contributed by atoms with van der Waals surface area (Å²) in [7, 11) is -3.90. The molecule has 26 heavy (non-hydrogen) atoms. The van der Waals surface area contributed by atoms with E-state index >= 15 is 0 Å². The third-order valence-electron chi connectivity index (χ3n) is 4.20. The van der Waals surface area contributed by atoms with Crippen molar-refractivity contribution in [3.8, 4) is 11.5 Å². The fourth-order valence-electron chi connectivity index (χ4n) is 2.83. The van der Waals surface area contributed by atoms with Crippen LogP contribution in [-0.2, 0) is 19.4 Å². The molecule has 0 spiro atoms. The van der Waals surface area contributed by atoms with Crippen LogP contribution in [-0.4, -0.2) is 31.6 Å². The SMILES string of the molecule is O=C(NO)C1CCOC(S(=O)(=O)c2ccccc2Oc2ccccc2)C1. The maximum absolute atomic E-state index is 13.1. The zero-order valence-electron chi connectivity index (χ0n) is 13.9. The van der Waals surface area contributed by atoms with E-state index in [9.17, 15) is 13.2 Å². The minimum Gasteiger partial charge on any atom is -0.456 e. The molecule has 1 saturated heterocycles. The molecule has 0 radical (unpaired) electrons. The smallest absolute Gasteiger partial charge is 0.246 e. The Bertz CT molecular complexity index is 868. The molecule has 2 atom stereocenters. The summed E-state index contributed by atoms with van der Waals surface area (Å²) < 4.78 is 37.3. The first-order valence-electron chi connectivity index (χ1n) is 8.13. The van der Waals surface area contributed by atoms with Crippen molar-refractivity contribution in [2.24, 2.45) is 5.92 Å². The van der Waals surface area contributed by atoms with Crippen LogP contribution in [0, 0.1) is 5.92 Å². The van der Waals surface area contributed by atoms with Gasteiger partial charge in [0.15, 0.2) is 5.44 Å². The highest BCUT2D eigenvalue weighted by Crippen LogP contribution is 2.34. The van der Waals surface area contributed by atoms with Crippen molar-refractivity contribution >= 4 is 15.7 Å². The number of nitrogens with one attached hydrogen (secondary N) is 1. The van der Waals surface area contributed by atoms with Crippen LogP contribution in [0.3, 0.4) is 0 Å². The van der Waals surface area contributed by atoms with Gasteiger partial charge in [-0.1, -0.05) is 30.3 Å². The molecule has 0 saturated carbocycles. The lowest BCUT2D eigenvalue weighted by Crippen LogP contribution is -2.39. The van der Waals surface area contributed by atoms with Gasteiger partial charge >= 0.3 is 0 Å². The molecule has 1 amide bonds. The van der Waals surface area contributed by atoms with E-state index in [-0.39, 0.29) is 23.7 Å². The van der Waals surface area contributed by atoms with Crippen molar-refractivity contribution in [1.82, 2.24) is 5.48 Å². The summed E-state index contributed by atoms with van der Waals surface area (Å²) in [6.07, 6.45) is 0.314. The van der Waals surface area contributed by atoms with Crippen molar-refractivity contribution in [3.63, 3.8) is 0 Å². The van der Waals surface area contributed by atoms with Gasteiger partial charge in [-0.25, -0.2) is 13.9 Å². The number of sulfone groups is 1. The maximum atomic E-state index is 13.1. The third kappa shape index (κ3) is 3.87. The van der Waals surface area contributed by atoms with E-state index in [1.54, 1.807) is 47.9 Å². The third-order valence-corrected chi connectivity index (χ3v) is 6.17. The fourth-order valence-corrected chi connectivity index (χ4v) is 4.53. The topological polar surface area (TPSA) is 102 Å². The molecular formula is C18H19NO6S. The molecule has 1 aliphatic rings. The Kier molecular flexibility index (Phi) is 5.55. The molecule has 2 unspecified atom stereocenters. The molecule has 1 fully saturated rings. The molecule has 0 bridgehead atoms. The van der Waals surface area contributed by atoms with E-state index < -0.39 is 27.1 Å². The normalized spacial score (nSPS) is 20.3. The Morgan fingerprint density at radius 1 is 1.12 bits per heavy atom. The van der Waals surface area contributed by atoms with E-state index in [1.807, 2.05) is 6.07 Å². The number of amides is 1. The van der Waals surface area contributed by atoms with Gasteiger partial charge in [-0.05, 0) is 30.7 Å². The van der Waals surface area contributed by atoms with E-state index in [0.717, 1.165) is 0 Å². The first kappa shape index (κ1) is 18.4. The van der Waals surface area contributed by atoms with E-state index in [4.69, 9.17) is 14.7 Å². The predicted octanol–water partition coefficient (Wildman–Crippen LogP) is 2.51. The van der Waals surface area contributed by atoms with Crippen molar-refractivity contribution in [1.29, 1.82) is 0 Å². The minimum atomic E-state index is -3.90. The van der Waals surface area contributed by atoms with Crippen LogP contribution in [0.4, 0.5) is 0 Å². The summed E-state index contributed by atoms with van der Waals surface area (Å²) in [5.41, 5.74) is 0.395. The monoisotopic (exact) mass is 377 g/mol. The largest absolute Gasteiger partial charge is 0.456 e. The molecule has 3 rings (SSSR count). The van der Waals surface area contributed by atoms with Crippen molar-refractivity contribution in [3.05, 3.63) is 54.6 Å². The molecule has 2 aromatic rings. The lowest BCUT2D eigenvalue weighted by molar-refractivity contribution is -0.136. The Morgan fingerprint density at radius 2 is 1.81 bits per heavy atom. The highest BCUT2D eigenvalue weighted by atomic mass is 32.2. The van der Waals surface area contributed by atoms with Crippen LogP contribution < -0.4 is 10.2 Å². The van der Waals surface area contributed by atoms with Crippen LogP contribution in [0.5, 0.6) is 11.5 Å². The minimum absolute atomic E-state index is 0.00101.